The second-order valence-corrected chi connectivity index (χ2v) is 6.55. The van der Waals surface area contributed by atoms with E-state index in [0.29, 0.717) is 12.3 Å². The normalized spacial score (nSPS) is 20.9. The number of hydrogen-bond donors (Lipinski definition) is 2. The molecule has 1 aliphatic rings. The number of aliphatic carboxylic acids is 1. The molecular weight excluding hydrogens is 254 g/mol. The molecular formula is C16H29NO3. The summed E-state index contributed by atoms with van der Waals surface area (Å²) in [7, 11) is 0. The molecule has 1 saturated carbocycles. The third-order valence-electron chi connectivity index (χ3n) is 4.86. The van der Waals surface area contributed by atoms with Gasteiger partial charge in [0.2, 0.25) is 5.91 Å². The number of nitrogens with one attached hydrogen (secondary N) is 1. The van der Waals surface area contributed by atoms with Crippen LogP contribution in [0.15, 0.2) is 0 Å². The first-order chi connectivity index (χ1) is 9.38. The SMILES string of the molecule is CCC(C)C(C)NC(=O)CC1(CC(=O)O)CCCCC1. The zero-order valence-electron chi connectivity index (χ0n) is 13.1. The highest BCUT2D eigenvalue weighted by atomic mass is 16.4. The number of carboxylic acids is 1. The lowest BCUT2D eigenvalue weighted by molar-refractivity contribution is -0.141. The molecule has 1 fully saturated rings. The predicted molar refractivity (Wildman–Crippen MR) is 79.4 cm³/mol. The Bertz CT molecular complexity index is 335. The second kappa shape index (κ2) is 7.65. The van der Waals surface area contributed by atoms with Gasteiger partial charge in [0, 0.05) is 12.5 Å². The fourth-order valence-corrected chi connectivity index (χ4v) is 3.18. The van der Waals surface area contributed by atoms with Crippen LogP contribution in [-0.4, -0.2) is 23.0 Å². The quantitative estimate of drug-likeness (QED) is 0.753. The maximum absolute atomic E-state index is 12.2. The summed E-state index contributed by atoms with van der Waals surface area (Å²) in [4.78, 5) is 23.3. The number of carbonyl (C=O) groups excluding carboxylic acids is 1. The van der Waals surface area contributed by atoms with E-state index in [2.05, 4.69) is 19.2 Å². The summed E-state index contributed by atoms with van der Waals surface area (Å²) in [6.07, 6.45) is 6.49. The largest absolute Gasteiger partial charge is 0.481 e. The fraction of sp³-hybridized carbons (Fsp3) is 0.875. The third kappa shape index (κ3) is 5.14. The molecule has 0 radical (unpaired) electrons. The third-order valence-corrected chi connectivity index (χ3v) is 4.86. The molecule has 1 aliphatic carbocycles. The van der Waals surface area contributed by atoms with Crippen molar-refractivity contribution in [3.63, 3.8) is 0 Å². The zero-order chi connectivity index (χ0) is 15.2. The predicted octanol–water partition coefficient (Wildman–Crippen LogP) is 3.35. The average molecular weight is 283 g/mol. The minimum absolute atomic E-state index is 0.0148. The van der Waals surface area contributed by atoms with E-state index in [0.717, 1.165) is 38.5 Å². The van der Waals surface area contributed by atoms with Gasteiger partial charge < -0.3 is 10.4 Å². The first-order valence-corrected chi connectivity index (χ1v) is 7.90. The van der Waals surface area contributed by atoms with Crippen molar-refractivity contribution in [2.75, 3.05) is 0 Å². The Kier molecular flexibility index (Phi) is 6.50. The van der Waals surface area contributed by atoms with Crippen LogP contribution in [0.25, 0.3) is 0 Å². The van der Waals surface area contributed by atoms with Gasteiger partial charge in [0.15, 0.2) is 0 Å². The molecule has 0 saturated heterocycles. The van der Waals surface area contributed by atoms with Gasteiger partial charge >= 0.3 is 5.97 Å². The zero-order valence-corrected chi connectivity index (χ0v) is 13.1. The average Bonchev–Trinajstić information content (AvgIpc) is 2.37. The van der Waals surface area contributed by atoms with E-state index in [4.69, 9.17) is 5.11 Å². The van der Waals surface area contributed by atoms with Crippen molar-refractivity contribution in [1.29, 1.82) is 0 Å². The molecule has 2 unspecified atom stereocenters. The van der Waals surface area contributed by atoms with Gasteiger partial charge in [-0.25, -0.2) is 0 Å². The van der Waals surface area contributed by atoms with Gasteiger partial charge in [-0.2, -0.15) is 0 Å². The summed E-state index contributed by atoms with van der Waals surface area (Å²) in [6, 6.07) is 0.151. The monoisotopic (exact) mass is 283 g/mol. The molecule has 0 spiro atoms. The number of rotatable bonds is 7. The summed E-state index contributed by atoms with van der Waals surface area (Å²) in [5, 5.41) is 12.2. The highest BCUT2D eigenvalue weighted by molar-refractivity contribution is 5.78. The Hall–Kier alpha value is -1.06. The van der Waals surface area contributed by atoms with Gasteiger partial charge in [0.25, 0.3) is 0 Å². The minimum Gasteiger partial charge on any atom is -0.481 e. The Labute approximate surface area is 122 Å². The van der Waals surface area contributed by atoms with E-state index in [9.17, 15) is 9.59 Å². The van der Waals surface area contributed by atoms with Gasteiger partial charge in [-0.05, 0) is 31.1 Å². The van der Waals surface area contributed by atoms with E-state index >= 15 is 0 Å². The second-order valence-electron chi connectivity index (χ2n) is 6.55. The van der Waals surface area contributed by atoms with Crippen molar-refractivity contribution in [2.24, 2.45) is 11.3 Å². The molecule has 4 heteroatoms. The van der Waals surface area contributed by atoms with Crippen LogP contribution < -0.4 is 5.32 Å². The molecule has 116 valence electrons. The highest BCUT2D eigenvalue weighted by Crippen LogP contribution is 2.42. The minimum atomic E-state index is -0.783. The van der Waals surface area contributed by atoms with Gasteiger partial charge in [-0.1, -0.05) is 39.5 Å². The molecule has 2 atom stereocenters. The maximum atomic E-state index is 12.2. The van der Waals surface area contributed by atoms with Gasteiger partial charge in [0.1, 0.15) is 0 Å². The first-order valence-electron chi connectivity index (χ1n) is 7.90. The molecule has 0 aromatic carbocycles. The van der Waals surface area contributed by atoms with Crippen LogP contribution in [-0.2, 0) is 9.59 Å². The molecule has 0 aromatic rings. The lowest BCUT2D eigenvalue weighted by Crippen LogP contribution is -2.41. The number of amides is 1. The van der Waals surface area contributed by atoms with Gasteiger partial charge in [-0.3, -0.25) is 9.59 Å². The van der Waals surface area contributed by atoms with Crippen LogP contribution in [0.1, 0.15) is 72.1 Å². The van der Waals surface area contributed by atoms with E-state index in [1.807, 2.05) is 6.92 Å². The van der Waals surface area contributed by atoms with Crippen LogP contribution >= 0.6 is 0 Å². The van der Waals surface area contributed by atoms with Crippen LogP contribution in [0.5, 0.6) is 0 Å². The van der Waals surface area contributed by atoms with Crippen LogP contribution in [0, 0.1) is 11.3 Å². The Morgan fingerprint density at radius 3 is 2.25 bits per heavy atom. The Balaban J connectivity index is 2.60. The number of carbonyl (C=O) groups is 2. The van der Waals surface area contributed by atoms with Gasteiger partial charge in [0.05, 0.1) is 6.42 Å². The van der Waals surface area contributed by atoms with Crippen LogP contribution in [0.4, 0.5) is 0 Å². The Morgan fingerprint density at radius 2 is 1.75 bits per heavy atom. The summed E-state index contributed by atoms with van der Waals surface area (Å²) in [5.74, 6) is -0.323. The van der Waals surface area contributed by atoms with Gasteiger partial charge in [-0.15, -0.1) is 0 Å². The molecule has 0 heterocycles. The molecule has 2 N–H and O–H groups in total. The molecule has 0 bridgehead atoms. The van der Waals surface area contributed by atoms with Crippen molar-refractivity contribution in [2.45, 2.75) is 78.2 Å². The number of carboxylic acid groups (broad SMARTS) is 1. The molecule has 1 amide bonds. The van der Waals surface area contributed by atoms with E-state index < -0.39 is 5.97 Å². The maximum Gasteiger partial charge on any atom is 0.303 e. The summed E-state index contributed by atoms with van der Waals surface area (Å²) in [5.41, 5.74) is -0.316. The molecule has 20 heavy (non-hydrogen) atoms. The lowest BCUT2D eigenvalue weighted by Gasteiger charge is -2.36. The summed E-state index contributed by atoms with van der Waals surface area (Å²) in [6.45, 7) is 6.26. The summed E-state index contributed by atoms with van der Waals surface area (Å²) < 4.78 is 0. The van der Waals surface area contributed by atoms with Crippen molar-refractivity contribution < 1.29 is 14.7 Å². The molecule has 4 nitrogen and oxygen atoms in total. The smallest absolute Gasteiger partial charge is 0.303 e. The van der Waals surface area contributed by atoms with Crippen molar-refractivity contribution in [3.8, 4) is 0 Å². The highest BCUT2D eigenvalue weighted by Gasteiger charge is 2.36. The van der Waals surface area contributed by atoms with Crippen LogP contribution in [0.3, 0.4) is 0 Å². The molecule has 1 rings (SSSR count). The fourth-order valence-electron chi connectivity index (χ4n) is 3.18. The topological polar surface area (TPSA) is 66.4 Å². The van der Waals surface area contributed by atoms with E-state index in [1.165, 1.54) is 0 Å². The standard InChI is InChI=1S/C16H29NO3/c1-4-12(2)13(3)17-14(18)10-16(11-15(19)20)8-6-5-7-9-16/h12-13H,4-11H2,1-3H3,(H,17,18)(H,19,20). The molecule has 0 aromatic heterocycles. The van der Waals surface area contributed by atoms with Crippen molar-refractivity contribution >= 4 is 11.9 Å². The van der Waals surface area contributed by atoms with Crippen molar-refractivity contribution in [3.05, 3.63) is 0 Å². The first kappa shape index (κ1) is 17.0. The number of hydrogen-bond acceptors (Lipinski definition) is 2. The Morgan fingerprint density at radius 1 is 1.15 bits per heavy atom. The van der Waals surface area contributed by atoms with Crippen molar-refractivity contribution in [1.82, 2.24) is 5.32 Å². The molecule has 0 aliphatic heterocycles. The lowest BCUT2D eigenvalue weighted by atomic mass is 9.69. The van der Waals surface area contributed by atoms with E-state index in [1.54, 1.807) is 0 Å². The summed E-state index contributed by atoms with van der Waals surface area (Å²) >= 11 is 0. The van der Waals surface area contributed by atoms with E-state index in [-0.39, 0.29) is 23.8 Å². The van der Waals surface area contributed by atoms with Crippen LogP contribution in [0.2, 0.25) is 0 Å².